The van der Waals surface area contributed by atoms with Crippen LogP contribution in [0.4, 0.5) is 13.2 Å². The Kier molecular flexibility index (Phi) is 5.90. The SMILES string of the molecule is CCc1cccc(CC)c1-c1cc(OC)c(C(=O)OC)c(C(F)(F)F)n1. The summed E-state index contributed by atoms with van der Waals surface area (Å²) >= 11 is 0. The normalized spacial score (nSPS) is 11.3. The molecule has 0 unspecified atom stereocenters. The molecule has 26 heavy (non-hydrogen) atoms. The monoisotopic (exact) mass is 367 g/mol. The van der Waals surface area contributed by atoms with E-state index >= 15 is 0 Å². The van der Waals surface area contributed by atoms with Gasteiger partial charge in [-0.3, -0.25) is 0 Å². The Hall–Kier alpha value is -2.57. The molecule has 2 rings (SSSR count). The number of nitrogens with zero attached hydrogens (tertiary/aromatic N) is 1. The quantitative estimate of drug-likeness (QED) is 0.720. The van der Waals surface area contributed by atoms with Gasteiger partial charge in [-0.1, -0.05) is 32.0 Å². The number of esters is 1. The summed E-state index contributed by atoms with van der Waals surface area (Å²) in [5.74, 6) is -1.37. The number of halogens is 3. The van der Waals surface area contributed by atoms with Crippen LogP contribution in [0.2, 0.25) is 0 Å². The van der Waals surface area contributed by atoms with Gasteiger partial charge in [0.2, 0.25) is 0 Å². The van der Waals surface area contributed by atoms with Crippen LogP contribution in [-0.2, 0) is 23.8 Å². The maximum Gasteiger partial charge on any atom is 0.434 e. The van der Waals surface area contributed by atoms with Gasteiger partial charge in [-0.2, -0.15) is 13.2 Å². The van der Waals surface area contributed by atoms with Crippen LogP contribution in [0.5, 0.6) is 5.75 Å². The zero-order chi connectivity index (χ0) is 19.5. The van der Waals surface area contributed by atoms with Crippen LogP contribution in [0, 0.1) is 0 Å². The van der Waals surface area contributed by atoms with Gasteiger partial charge in [0.25, 0.3) is 0 Å². The van der Waals surface area contributed by atoms with Crippen molar-refractivity contribution in [3.05, 3.63) is 46.6 Å². The lowest BCUT2D eigenvalue weighted by atomic mass is 9.94. The first-order valence-corrected chi connectivity index (χ1v) is 8.14. The van der Waals surface area contributed by atoms with Crippen molar-refractivity contribution in [2.24, 2.45) is 0 Å². The number of aromatic nitrogens is 1. The van der Waals surface area contributed by atoms with Gasteiger partial charge in [0.05, 0.1) is 19.9 Å². The van der Waals surface area contributed by atoms with Crippen LogP contribution in [0.15, 0.2) is 24.3 Å². The van der Waals surface area contributed by atoms with E-state index in [1.807, 2.05) is 32.0 Å². The Morgan fingerprint density at radius 2 is 1.69 bits per heavy atom. The molecule has 0 amide bonds. The van der Waals surface area contributed by atoms with Crippen LogP contribution in [-0.4, -0.2) is 25.2 Å². The van der Waals surface area contributed by atoms with Gasteiger partial charge in [-0.05, 0) is 24.0 Å². The van der Waals surface area contributed by atoms with Crippen LogP contribution < -0.4 is 4.74 Å². The Balaban J connectivity index is 2.88. The minimum atomic E-state index is -4.83. The Bertz CT molecular complexity index is 794. The van der Waals surface area contributed by atoms with Gasteiger partial charge in [0.1, 0.15) is 11.3 Å². The highest BCUT2D eigenvalue weighted by Crippen LogP contribution is 2.39. The number of ether oxygens (including phenoxy) is 2. The molecule has 0 aliphatic heterocycles. The summed E-state index contributed by atoms with van der Waals surface area (Å²) in [5.41, 5.74) is 0.467. The van der Waals surface area contributed by atoms with Gasteiger partial charge in [-0.25, -0.2) is 9.78 Å². The number of benzene rings is 1. The Morgan fingerprint density at radius 3 is 2.12 bits per heavy atom. The second-order valence-corrected chi connectivity index (χ2v) is 5.58. The molecule has 4 nitrogen and oxygen atoms in total. The summed E-state index contributed by atoms with van der Waals surface area (Å²) in [6.07, 6.45) is -3.57. The van der Waals surface area contributed by atoms with Crippen LogP contribution >= 0.6 is 0 Å². The van der Waals surface area contributed by atoms with Crippen molar-refractivity contribution in [3.63, 3.8) is 0 Å². The number of hydrogen-bond acceptors (Lipinski definition) is 4. The van der Waals surface area contributed by atoms with Gasteiger partial charge < -0.3 is 9.47 Å². The first kappa shape index (κ1) is 19.8. The van der Waals surface area contributed by atoms with E-state index in [1.54, 1.807) is 0 Å². The van der Waals surface area contributed by atoms with Crippen LogP contribution in [0.3, 0.4) is 0 Å². The lowest BCUT2D eigenvalue weighted by Gasteiger charge is -2.18. The van der Waals surface area contributed by atoms with E-state index in [-0.39, 0.29) is 11.4 Å². The maximum atomic E-state index is 13.6. The number of carbonyl (C=O) groups is 1. The van der Waals surface area contributed by atoms with Gasteiger partial charge >= 0.3 is 12.1 Å². The molecule has 0 radical (unpaired) electrons. The molecule has 0 aliphatic carbocycles. The lowest BCUT2D eigenvalue weighted by Crippen LogP contribution is -2.18. The fraction of sp³-hybridized carbons (Fsp3) is 0.368. The highest BCUT2D eigenvalue weighted by atomic mass is 19.4. The number of pyridine rings is 1. The van der Waals surface area contributed by atoms with Gasteiger partial charge in [0, 0.05) is 11.6 Å². The number of methoxy groups -OCH3 is 2. The highest BCUT2D eigenvalue weighted by Gasteiger charge is 2.40. The molecule has 0 atom stereocenters. The number of aryl methyl sites for hydroxylation is 2. The number of hydrogen-bond donors (Lipinski definition) is 0. The topological polar surface area (TPSA) is 48.4 Å². The molecular formula is C19H20F3NO3. The molecule has 0 saturated heterocycles. The van der Waals surface area contributed by atoms with E-state index in [2.05, 4.69) is 9.72 Å². The van der Waals surface area contributed by atoms with Crippen molar-refractivity contribution in [1.82, 2.24) is 4.98 Å². The average molecular weight is 367 g/mol. The molecule has 0 fully saturated rings. The Labute approximate surface area is 150 Å². The second-order valence-electron chi connectivity index (χ2n) is 5.58. The molecule has 0 N–H and O–H groups in total. The molecule has 2 aromatic rings. The standard InChI is InChI=1S/C19H20F3NO3/c1-5-11-8-7-9-12(6-2)15(11)13-10-14(25-3)16(18(24)26-4)17(23-13)19(20,21)22/h7-10H,5-6H2,1-4H3. The van der Waals surface area contributed by atoms with Crippen LogP contribution in [0.25, 0.3) is 11.3 Å². The molecule has 0 aliphatic rings. The molecular weight excluding hydrogens is 347 g/mol. The fourth-order valence-electron chi connectivity index (χ4n) is 2.89. The predicted molar refractivity (Wildman–Crippen MR) is 91.3 cm³/mol. The number of alkyl halides is 3. The molecule has 140 valence electrons. The smallest absolute Gasteiger partial charge is 0.434 e. The third-order valence-corrected chi connectivity index (χ3v) is 4.12. The van der Waals surface area contributed by atoms with Gasteiger partial charge in [-0.15, -0.1) is 0 Å². The number of carbonyl (C=O) groups excluding carboxylic acids is 1. The maximum absolute atomic E-state index is 13.6. The van der Waals surface area contributed by atoms with Gasteiger partial charge in [0.15, 0.2) is 5.69 Å². The largest absolute Gasteiger partial charge is 0.496 e. The summed E-state index contributed by atoms with van der Waals surface area (Å²) < 4.78 is 50.4. The van der Waals surface area contributed by atoms with Crippen molar-refractivity contribution in [2.75, 3.05) is 14.2 Å². The lowest BCUT2D eigenvalue weighted by molar-refractivity contribution is -0.141. The molecule has 1 heterocycles. The summed E-state index contributed by atoms with van der Waals surface area (Å²) in [4.78, 5) is 15.7. The summed E-state index contributed by atoms with van der Waals surface area (Å²) in [6.45, 7) is 3.84. The molecule has 1 aromatic heterocycles. The zero-order valence-corrected chi connectivity index (χ0v) is 15.0. The third kappa shape index (κ3) is 3.66. The molecule has 0 bridgehead atoms. The molecule has 0 saturated carbocycles. The van der Waals surface area contributed by atoms with E-state index in [4.69, 9.17) is 4.74 Å². The first-order valence-electron chi connectivity index (χ1n) is 8.14. The minimum absolute atomic E-state index is 0.121. The molecule has 1 aromatic carbocycles. The van der Waals surface area contributed by atoms with E-state index in [0.717, 1.165) is 18.2 Å². The van der Waals surface area contributed by atoms with Crippen molar-refractivity contribution in [1.29, 1.82) is 0 Å². The van der Waals surface area contributed by atoms with Crippen molar-refractivity contribution in [2.45, 2.75) is 32.9 Å². The van der Waals surface area contributed by atoms with E-state index in [1.165, 1.54) is 13.2 Å². The highest BCUT2D eigenvalue weighted by molar-refractivity contribution is 5.94. The van der Waals surface area contributed by atoms with E-state index in [9.17, 15) is 18.0 Å². The zero-order valence-electron chi connectivity index (χ0n) is 15.0. The second kappa shape index (κ2) is 7.76. The summed E-state index contributed by atoms with van der Waals surface area (Å²) in [7, 11) is 2.22. The van der Waals surface area contributed by atoms with Crippen LogP contribution in [0.1, 0.15) is 41.0 Å². The Morgan fingerprint density at radius 1 is 1.12 bits per heavy atom. The first-order chi connectivity index (χ1) is 12.3. The van der Waals surface area contributed by atoms with Crippen molar-refractivity contribution >= 4 is 5.97 Å². The summed E-state index contributed by atoms with van der Waals surface area (Å²) in [5, 5.41) is 0. The average Bonchev–Trinajstić information content (AvgIpc) is 2.64. The third-order valence-electron chi connectivity index (χ3n) is 4.12. The predicted octanol–water partition coefficient (Wildman–Crippen LogP) is 4.69. The minimum Gasteiger partial charge on any atom is -0.496 e. The van der Waals surface area contributed by atoms with Crippen molar-refractivity contribution < 1.29 is 27.4 Å². The van der Waals surface area contributed by atoms with Crippen molar-refractivity contribution in [3.8, 4) is 17.0 Å². The van der Waals surface area contributed by atoms with E-state index < -0.39 is 23.4 Å². The summed E-state index contributed by atoms with van der Waals surface area (Å²) in [6, 6.07) is 6.93. The number of rotatable bonds is 5. The van der Waals surface area contributed by atoms with E-state index in [0.29, 0.717) is 18.4 Å². The molecule has 7 heteroatoms. The molecule has 0 spiro atoms. The fourth-order valence-corrected chi connectivity index (χ4v) is 2.89.